The molecule has 0 atom stereocenters. The van der Waals surface area contributed by atoms with E-state index < -0.39 is 5.60 Å². The number of halogens is 2. The number of piperidine rings is 1. The minimum atomic E-state index is -1.29. The van der Waals surface area contributed by atoms with Gasteiger partial charge in [-0.1, -0.05) is 24.3 Å². The van der Waals surface area contributed by atoms with Gasteiger partial charge >= 0.3 is 0 Å². The molecule has 0 amide bonds. The van der Waals surface area contributed by atoms with E-state index in [9.17, 15) is 13.9 Å². The van der Waals surface area contributed by atoms with Gasteiger partial charge in [-0.05, 0) is 104 Å². The van der Waals surface area contributed by atoms with Crippen molar-refractivity contribution in [2.45, 2.75) is 29.8 Å². The van der Waals surface area contributed by atoms with Gasteiger partial charge in [-0.3, -0.25) is 0 Å². The van der Waals surface area contributed by atoms with Gasteiger partial charge in [-0.15, -0.1) is 11.8 Å². The Morgan fingerprint density at radius 1 is 0.882 bits per heavy atom. The summed E-state index contributed by atoms with van der Waals surface area (Å²) >= 11 is 1.71. The first-order chi connectivity index (χ1) is 16.5. The third kappa shape index (κ3) is 5.80. The molecular formula is C28H31F2NO2S. The lowest BCUT2D eigenvalue weighted by molar-refractivity contribution is -0.0147. The van der Waals surface area contributed by atoms with E-state index in [0.29, 0.717) is 17.7 Å². The summed E-state index contributed by atoms with van der Waals surface area (Å²) in [7, 11) is 0. The second kappa shape index (κ2) is 11.3. The summed E-state index contributed by atoms with van der Waals surface area (Å²) in [6.07, 6.45) is 4.57. The Labute approximate surface area is 204 Å². The molecule has 0 radical (unpaired) electrons. The second-order valence-electron chi connectivity index (χ2n) is 8.77. The molecule has 1 fully saturated rings. The molecule has 3 aromatic carbocycles. The lowest BCUT2D eigenvalue weighted by atomic mass is 9.72. The molecule has 1 heterocycles. The highest BCUT2D eigenvalue weighted by atomic mass is 32.2. The molecule has 0 saturated carbocycles. The highest BCUT2D eigenvalue weighted by Crippen LogP contribution is 2.42. The molecule has 1 aliphatic heterocycles. The van der Waals surface area contributed by atoms with Crippen LogP contribution in [0.5, 0.6) is 5.75 Å². The minimum absolute atomic E-state index is 0.0501. The smallest absolute Gasteiger partial charge is 0.123 e. The Morgan fingerprint density at radius 3 is 1.91 bits per heavy atom. The first-order valence-corrected chi connectivity index (χ1v) is 12.9. The van der Waals surface area contributed by atoms with Gasteiger partial charge in [-0.2, -0.15) is 0 Å². The Morgan fingerprint density at radius 2 is 1.41 bits per heavy atom. The molecule has 0 unspecified atom stereocenters. The van der Waals surface area contributed by atoms with Crippen LogP contribution in [-0.2, 0) is 5.60 Å². The molecule has 180 valence electrons. The maximum Gasteiger partial charge on any atom is 0.123 e. The fourth-order valence-electron chi connectivity index (χ4n) is 4.77. The molecule has 0 bridgehead atoms. The van der Waals surface area contributed by atoms with Crippen molar-refractivity contribution in [2.75, 3.05) is 32.5 Å². The van der Waals surface area contributed by atoms with E-state index in [2.05, 4.69) is 23.3 Å². The molecule has 0 spiro atoms. The van der Waals surface area contributed by atoms with Crippen molar-refractivity contribution in [2.24, 2.45) is 5.92 Å². The number of nitrogens with zero attached hydrogens (tertiary/aromatic N) is 1. The van der Waals surface area contributed by atoms with Gasteiger partial charge in [0.25, 0.3) is 0 Å². The zero-order valence-electron chi connectivity index (χ0n) is 19.4. The molecule has 3 nitrogen and oxygen atoms in total. The molecule has 3 aromatic rings. The van der Waals surface area contributed by atoms with E-state index in [-0.39, 0.29) is 17.6 Å². The summed E-state index contributed by atoms with van der Waals surface area (Å²) in [6.45, 7) is 3.31. The zero-order valence-corrected chi connectivity index (χ0v) is 20.2. The topological polar surface area (TPSA) is 32.7 Å². The third-order valence-corrected chi connectivity index (χ3v) is 7.44. The molecular weight excluding hydrogens is 452 g/mol. The van der Waals surface area contributed by atoms with E-state index in [0.717, 1.165) is 44.6 Å². The average Bonchev–Trinajstić information content (AvgIpc) is 2.88. The second-order valence-corrected chi connectivity index (χ2v) is 9.65. The van der Waals surface area contributed by atoms with Gasteiger partial charge in [0, 0.05) is 11.4 Å². The Balaban J connectivity index is 1.35. The number of ether oxygens (including phenoxy) is 1. The van der Waals surface area contributed by atoms with Crippen molar-refractivity contribution in [1.82, 2.24) is 4.90 Å². The zero-order chi connectivity index (χ0) is 24.0. The number of rotatable bonds is 9. The van der Waals surface area contributed by atoms with Crippen LogP contribution >= 0.6 is 11.8 Å². The number of benzene rings is 3. The van der Waals surface area contributed by atoms with Crippen molar-refractivity contribution in [1.29, 1.82) is 0 Å². The van der Waals surface area contributed by atoms with Crippen LogP contribution < -0.4 is 4.74 Å². The van der Waals surface area contributed by atoms with E-state index in [1.807, 2.05) is 12.1 Å². The third-order valence-electron chi connectivity index (χ3n) is 6.69. The molecule has 1 aliphatic rings. The SMILES string of the molecule is CSc1ccc(OCCCN2CCC(C(O)(c3ccc(F)cc3)c3ccc(F)cc3)CC2)cc1. The maximum atomic E-state index is 13.6. The summed E-state index contributed by atoms with van der Waals surface area (Å²) in [5.41, 5.74) is -0.0146. The summed E-state index contributed by atoms with van der Waals surface area (Å²) < 4.78 is 33.0. The van der Waals surface area contributed by atoms with Crippen molar-refractivity contribution in [3.8, 4) is 5.75 Å². The molecule has 34 heavy (non-hydrogen) atoms. The summed E-state index contributed by atoms with van der Waals surface area (Å²) in [4.78, 5) is 3.61. The Hall–Kier alpha value is -2.41. The highest BCUT2D eigenvalue weighted by molar-refractivity contribution is 7.98. The van der Waals surface area contributed by atoms with Crippen LogP contribution in [0, 0.1) is 17.6 Å². The standard InChI is InChI=1S/C28H31F2NO2S/c1-34-27-13-11-26(12-14-27)33-20-2-17-31-18-15-23(16-19-31)28(32,21-3-7-24(29)8-4-21)22-5-9-25(30)10-6-22/h3-14,23,32H,2,15-20H2,1H3. The molecule has 6 heteroatoms. The van der Waals surface area contributed by atoms with Crippen molar-refractivity contribution in [3.63, 3.8) is 0 Å². The van der Waals surface area contributed by atoms with E-state index >= 15 is 0 Å². The van der Waals surface area contributed by atoms with Gasteiger partial charge in [0.2, 0.25) is 0 Å². The van der Waals surface area contributed by atoms with Crippen molar-refractivity contribution in [3.05, 3.63) is 95.6 Å². The first kappa shape index (κ1) is 24.7. The van der Waals surface area contributed by atoms with Crippen molar-refractivity contribution < 1.29 is 18.6 Å². The number of hydrogen-bond donors (Lipinski definition) is 1. The van der Waals surface area contributed by atoms with Crippen LogP contribution in [0.3, 0.4) is 0 Å². The number of aliphatic hydroxyl groups is 1. The normalized spacial score (nSPS) is 15.4. The minimum Gasteiger partial charge on any atom is -0.494 e. The van der Waals surface area contributed by atoms with E-state index in [1.165, 1.54) is 29.2 Å². The maximum absolute atomic E-state index is 13.6. The van der Waals surface area contributed by atoms with Crippen LogP contribution in [0.15, 0.2) is 77.7 Å². The Kier molecular flexibility index (Phi) is 8.24. The van der Waals surface area contributed by atoms with Gasteiger partial charge in [0.15, 0.2) is 0 Å². The molecule has 0 aliphatic carbocycles. The quantitative estimate of drug-likeness (QED) is 0.294. The Bertz CT molecular complexity index is 988. The highest BCUT2D eigenvalue weighted by Gasteiger charge is 2.41. The van der Waals surface area contributed by atoms with Crippen LogP contribution in [-0.4, -0.2) is 42.5 Å². The van der Waals surface area contributed by atoms with Crippen LogP contribution in [0.1, 0.15) is 30.4 Å². The first-order valence-electron chi connectivity index (χ1n) is 11.7. The van der Waals surface area contributed by atoms with E-state index in [1.54, 1.807) is 36.0 Å². The van der Waals surface area contributed by atoms with Crippen LogP contribution in [0.2, 0.25) is 0 Å². The largest absolute Gasteiger partial charge is 0.494 e. The predicted molar refractivity (Wildman–Crippen MR) is 133 cm³/mol. The lowest BCUT2D eigenvalue weighted by Crippen LogP contribution is -2.44. The fourth-order valence-corrected chi connectivity index (χ4v) is 5.18. The van der Waals surface area contributed by atoms with Crippen molar-refractivity contribution >= 4 is 11.8 Å². The van der Waals surface area contributed by atoms with Gasteiger partial charge < -0.3 is 14.7 Å². The summed E-state index contributed by atoms with van der Waals surface area (Å²) in [5.74, 6) is 0.149. The van der Waals surface area contributed by atoms with Gasteiger partial charge in [0.05, 0.1) is 6.61 Å². The monoisotopic (exact) mass is 483 g/mol. The number of thioether (sulfide) groups is 1. The van der Waals surface area contributed by atoms with Gasteiger partial charge in [0.1, 0.15) is 23.0 Å². The summed E-state index contributed by atoms with van der Waals surface area (Å²) in [5, 5.41) is 11.9. The fraction of sp³-hybridized carbons (Fsp3) is 0.357. The molecule has 4 rings (SSSR count). The van der Waals surface area contributed by atoms with Crippen LogP contribution in [0.4, 0.5) is 8.78 Å². The lowest BCUT2D eigenvalue weighted by Gasteiger charge is -2.42. The number of hydrogen-bond acceptors (Lipinski definition) is 4. The average molecular weight is 484 g/mol. The number of likely N-dealkylation sites (tertiary alicyclic amines) is 1. The molecule has 0 aromatic heterocycles. The summed E-state index contributed by atoms with van der Waals surface area (Å²) in [6, 6.07) is 20.1. The predicted octanol–water partition coefficient (Wildman–Crippen LogP) is 6.10. The van der Waals surface area contributed by atoms with Crippen LogP contribution in [0.25, 0.3) is 0 Å². The molecule has 1 N–H and O–H groups in total. The van der Waals surface area contributed by atoms with Gasteiger partial charge in [-0.25, -0.2) is 8.78 Å². The van der Waals surface area contributed by atoms with E-state index in [4.69, 9.17) is 4.74 Å². The molecule has 1 saturated heterocycles.